The number of benzene rings is 1. The van der Waals surface area contributed by atoms with Crippen LogP contribution >= 0.6 is 0 Å². The lowest BCUT2D eigenvalue weighted by Crippen LogP contribution is -2.06. The van der Waals surface area contributed by atoms with Gasteiger partial charge in [0.2, 0.25) is 0 Å². The Hall–Kier alpha value is -1.97. The predicted octanol–water partition coefficient (Wildman–Crippen LogP) is 4.37. The summed E-state index contributed by atoms with van der Waals surface area (Å²) >= 11 is 0. The van der Waals surface area contributed by atoms with Crippen LogP contribution in [-0.2, 0) is 4.79 Å². The van der Waals surface area contributed by atoms with Gasteiger partial charge in [0.05, 0.1) is 5.52 Å². The standard InChI is InChI=1S/C19H20FNO2/c20-15-1-2-18-17(10-15)16(3-4-21-18)14-8-12-5-11(7-19(22)23)6-13(12)9-14/h1-4,10-14H,5-9H2,(H,22,23)/t11-,12-,13+,14+. The Bertz CT molecular complexity index is 746. The number of hydrogen-bond acceptors (Lipinski definition) is 2. The molecule has 0 bridgehead atoms. The number of hydrogen-bond donors (Lipinski definition) is 1. The van der Waals surface area contributed by atoms with Crippen LogP contribution in [0.2, 0.25) is 0 Å². The second-order valence-electron chi connectivity index (χ2n) is 7.19. The van der Waals surface area contributed by atoms with Gasteiger partial charge in [0.15, 0.2) is 0 Å². The molecule has 1 N–H and O–H groups in total. The van der Waals surface area contributed by atoms with Crippen LogP contribution in [0.3, 0.4) is 0 Å². The molecule has 1 aromatic carbocycles. The summed E-state index contributed by atoms with van der Waals surface area (Å²) in [5.41, 5.74) is 2.06. The van der Waals surface area contributed by atoms with Crippen molar-refractivity contribution in [2.75, 3.05) is 0 Å². The third-order valence-electron chi connectivity index (χ3n) is 5.75. The lowest BCUT2D eigenvalue weighted by molar-refractivity contribution is -0.138. The van der Waals surface area contributed by atoms with Gasteiger partial charge in [-0.15, -0.1) is 0 Å². The lowest BCUT2D eigenvalue weighted by atomic mass is 9.90. The second-order valence-corrected chi connectivity index (χ2v) is 7.19. The Morgan fingerprint density at radius 2 is 1.91 bits per heavy atom. The smallest absolute Gasteiger partial charge is 0.303 e. The Kier molecular flexibility index (Phi) is 3.55. The molecule has 2 fully saturated rings. The van der Waals surface area contributed by atoms with E-state index < -0.39 is 5.97 Å². The van der Waals surface area contributed by atoms with Crippen molar-refractivity contribution in [3.63, 3.8) is 0 Å². The molecule has 0 saturated heterocycles. The maximum atomic E-state index is 13.6. The van der Waals surface area contributed by atoms with E-state index >= 15 is 0 Å². The second kappa shape index (κ2) is 5.59. The molecule has 4 heteroatoms. The molecular weight excluding hydrogens is 293 g/mol. The van der Waals surface area contributed by atoms with E-state index in [0.717, 1.165) is 36.6 Å². The first-order valence-corrected chi connectivity index (χ1v) is 8.36. The van der Waals surface area contributed by atoms with E-state index in [1.165, 1.54) is 11.6 Å². The zero-order chi connectivity index (χ0) is 16.0. The van der Waals surface area contributed by atoms with Crippen LogP contribution in [0.25, 0.3) is 10.9 Å². The van der Waals surface area contributed by atoms with Crippen LogP contribution in [-0.4, -0.2) is 16.1 Å². The minimum absolute atomic E-state index is 0.216. The number of carboxylic acids is 1. The molecule has 2 saturated carbocycles. The molecule has 0 spiro atoms. The highest BCUT2D eigenvalue weighted by atomic mass is 19.1. The quantitative estimate of drug-likeness (QED) is 0.915. The molecule has 0 unspecified atom stereocenters. The van der Waals surface area contributed by atoms with Crippen LogP contribution in [0.1, 0.15) is 43.6 Å². The van der Waals surface area contributed by atoms with Crippen LogP contribution in [0.5, 0.6) is 0 Å². The molecule has 120 valence electrons. The predicted molar refractivity (Wildman–Crippen MR) is 85.6 cm³/mol. The molecule has 23 heavy (non-hydrogen) atoms. The fourth-order valence-corrected chi connectivity index (χ4v) is 4.91. The summed E-state index contributed by atoms with van der Waals surface area (Å²) < 4.78 is 13.6. The number of halogens is 1. The number of rotatable bonds is 3. The van der Waals surface area contributed by atoms with Gasteiger partial charge in [0, 0.05) is 18.0 Å². The molecule has 4 atom stereocenters. The molecule has 2 aromatic rings. The van der Waals surface area contributed by atoms with E-state index in [2.05, 4.69) is 4.98 Å². The van der Waals surface area contributed by atoms with Gasteiger partial charge in [-0.2, -0.15) is 0 Å². The Morgan fingerprint density at radius 3 is 2.61 bits per heavy atom. The topological polar surface area (TPSA) is 50.2 Å². The van der Waals surface area contributed by atoms with Gasteiger partial charge in [0.25, 0.3) is 0 Å². The summed E-state index contributed by atoms with van der Waals surface area (Å²) in [7, 11) is 0. The lowest BCUT2D eigenvalue weighted by Gasteiger charge is -2.16. The maximum Gasteiger partial charge on any atom is 0.303 e. The molecule has 2 aliphatic carbocycles. The summed E-state index contributed by atoms with van der Waals surface area (Å²) in [5, 5.41) is 9.90. The Morgan fingerprint density at radius 1 is 1.17 bits per heavy atom. The van der Waals surface area contributed by atoms with Gasteiger partial charge in [0.1, 0.15) is 5.82 Å². The number of nitrogens with zero attached hydrogens (tertiary/aromatic N) is 1. The normalized spacial score (nSPS) is 29.8. The fraction of sp³-hybridized carbons (Fsp3) is 0.474. The minimum Gasteiger partial charge on any atom is -0.481 e. The number of carboxylic acid groups (broad SMARTS) is 1. The van der Waals surface area contributed by atoms with Crippen molar-refractivity contribution >= 4 is 16.9 Å². The van der Waals surface area contributed by atoms with Gasteiger partial charge in [-0.3, -0.25) is 9.78 Å². The van der Waals surface area contributed by atoms with Crippen LogP contribution < -0.4 is 0 Å². The number of aliphatic carboxylic acids is 1. The summed E-state index contributed by atoms with van der Waals surface area (Å²) in [6.45, 7) is 0. The molecule has 3 nitrogen and oxygen atoms in total. The first kappa shape index (κ1) is 14.6. The molecule has 1 heterocycles. The highest BCUT2D eigenvalue weighted by Gasteiger charge is 2.42. The monoisotopic (exact) mass is 313 g/mol. The Balaban J connectivity index is 1.56. The van der Waals surface area contributed by atoms with Gasteiger partial charge in [-0.05, 0) is 79.2 Å². The minimum atomic E-state index is -0.679. The van der Waals surface area contributed by atoms with Crippen molar-refractivity contribution in [3.05, 3.63) is 41.8 Å². The number of aromatic nitrogens is 1. The number of fused-ring (bicyclic) bond motifs is 2. The van der Waals surface area contributed by atoms with Gasteiger partial charge >= 0.3 is 5.97 Å². The van der Waals surface area contributed by atoms with Crippen molar-refractivity contribution in [1.29, 1.82) is 0 Å². The highest BCUT2D eigenvalue weighted by Crippen LogP contribution is 2.53. The molecule has 1 aromatic heterocycles. The maximum absolute atomic E-state index is 13.6. The summed E-state index contributed by atoms with van der Waals surface area (Å²) in [5.74, 6) is 1.15. The van der Waals surface area contributed by atoms with Gasteiger partial charge in [-0.1, -0.05) is 0 Å². The van der Waals surface area contributed by atoms with E-state index in [9.17, 15) is 9.18 Å². The number of pyridine rings is 1. The van der Waals surface area contributed by atoms with Gasteiger partial charge < -0.3 is 5.11 Å². The van der Waals surface area contributed by atoms with Crippen molar-refractivity contribution in [3.8, 4) is 0 Å². The van der Waals surface area contributed by atoms with Gasteiger partial charge in [-0.25, -0.2) is 4.39 Å². The SMILES string of the molecule is O=C(O)C[C@@H]1C[C@@H]2C[C@H](c3ccnc4ccc(F)cc34)C[C@@H]2C1. The van der Waals surface area contributed by atoms with Crippen LogP contribution in [0.4, 0.5) is 4.39 Å². The van der Waals surface area contributed by atoms with Crippen molar-refractivity contribution in [1.82, 2.24) is 4.98 Å². The zero-order valence-corrected chi connectivity index (χ0v) is 12.9. The fourth-order valence-electron chi connectivity index (χ4n) is 4.91. The third kappa shape index (κ3) is 2.71. The van der Waals surface area contributed by atoms with Crippen molar-refractivity contribution in [2.24, 2.45) is 17.8 Å². The zero-order valence-electron chi connectivity index (χ0n) is 12.9. The van der Waals surface area contributed by atoms with E-state index in [4.69, 9.17) is 5.11 Å². The van der Waals surface area contributed by atoms with E-state index in [0.29, 0.717) is 30.1 Å². The van der Waals surface area contributed by atoms with Crippen molar-refractivity contribution in [2.45, 2.75) is 38.0 Å². The summed E-state index contributed by atoms with van der Waals surface area (Å²) in [6, 6.07) is 6.83. The summed E-state index contributed by atoms with van der Waals surface area (Å²) in [4.78, 5) is 15.2. The molecule has 2 aliphatic rings. The van der Waals surface area contributed by atoms with E-state index in [1.54, 1.807) is 12.1 Å². The Labute approximate surface area is 134 Å². The average Bonchev–Trinajstić information content (AvgIpc) is 3.04. The molecule has 4 rings (SSSR count). The third-order valence-corrected chi connectivity index (χ3v) is 5.75. The average molecular weight is 313 g/mol. The molecule has 0 aliphatic heterocycles. The van der Waals surface area contributed by atoms with Crippen LogP contribution in [0, 0.1) is 23.6 Å². The van der Waals surface area contributed by atoms with Crippen LogP contribution in [0.15, 0.2) is 30.5 Å². The first-order valence-electron chi connectivity index (χ1n) is 8.36. The molecule has 0 amide bonds. The van der Waals surface area contributed by atoms with E-state index in [-0.39, 0.29) is 5.82 Å². The largest absolute Gasteiger partial charge is 0.481 e. The molecule has 0 radical (unpaired) electrons. The van der Waals surface area contributed by atoms with E-state index in [1.807, 2.05) is 12.3 Å². The first-order chi connectivity index (χ1) is 11.1. The molecular formula is C19H20FNO2. The summed E-state index contributed by atoms with van der Waals surface area (Å²) in [6.07, 6.45) is 6.38. The highest BCUT2D eigenvalue weighted by molar-refractivity contribution is 5.82. The number of carbonyl (C=O) groups is 1. The van der Waals surface area contributed by atoms with Crippen molar-refractivity contribution < 1.29 is 14.3 Å².